The lowest BCUT2D eigenvalue weighted by atomic mass is 10.2. The second kappa shape index (κ2) is 10.5. The number of nitrogens with zero attached hydrogens (tertiary/aromatic N) is 3. The highest BCUT2D eigenvalue weighted by atomic mass is 35.5. The molecule has 0 saturated heterocycles. The van der Waals surface area contributed by atoms with E-state index in [-0.39, 0.29) is 22.0 Å². The van der Waals surface area contributed by atoms with E-state index < -0.39 is 11.9 Å². The fourth-order valence-electron chi connectivity index (χ4n) is 2.41. The summed E-state index contributed by atoms with van der Waals surface area (Å²) in [4.78, 5) is 32.1. The van der Waals surface area contributed by atoms with E-state index in [9.17, 15) is 9.59 Å². The Morgan fingerprint density at radius 1 is 1.13 bits per heavy atom. The van der Waals surface area contributed by atoms with E-state index in [0.29, 0.717) is 22.9 Å². The SMILES string of the molecule is CCOc1cc(C=NNC(=O)c2cnccn2)ccc1OC(=O)c1ccc(Cl)cc1Cl. The summed E-state index contributed by atoms with van der Waals surface area (Å²) in [7, 11) is 0. The Morgan fingerprint density at radius 2 is 1.97 bits per heavy atom. The third-order valence-corrected chi connectivity index (χ3v) is 4.34. The average Bonchev–Trinajstić information content (AvgIpc) is 2.76. The monoisotopic (exact) mass is 458 g/mol. The van der Waals surface area contributed by atoms with E-state index in [0.717, 1.165) is 0 Å². The van der Waals surface area contributed by atoms with Crippen LogP contribution in [-0.2, 0) is 0 Å². The number of ether oxygens (including phenoxy) is 2. The molecule has 0 saturated carbocycles. The van der Waals surface area contributed by atoms with Gasteiger partial charge < -0.3 is 9.47 Å². The second-order valence-electron chi connectivity index (χ2n) is 5.94. The molecule has 8 nitrogen and oxygen atoms in total. The number of esters is 1. The van der Waals surface area contributed by atoms with Gasteiger partial charge in [0.1, 0.15) is 5.69 Å². The number of rotatable bonds is 7. The summed E-state index contributed by atoms with van der Waals surface area (Å²) in [5, 5.41) is 4.48. The van der Waals surface area contributed by atoms with Crippen LogP contribution >= 0.6 is 23.2 Å². The van der Waals surface area contributed by atoms with Gasteiger partial charge in [-0.15, -0.1) is 0 Å². The summed E-state index contributed by atoms with van der Waals surface area (Å²) in [6, 6.07) is 9.30. The lowest BCUT2D eigenvalue weighted by Crippen LogP contribution is -2.19. The lowest BCUT2D eigenvalue weighted by molar-refractivity contribution is 0.0728. The van der Waals surface area contributed by atoms with E-state index in [2.05, 4.69) is 20.5 Å². The van der Waals surface area contributed by atoms with Crippen molar-refractivity contribution in [3.63, 3.8) is 0 Å². The molecule has 0 spiro atoms. The lowest BCUT2D eigenvalue weighted by Gasteiger charge is -2.12. The Bertz CT molecular complexity index is 1120. The van der Waals surface area contributed by atoms with Crippen molar-refractivity contribution in [2.24, 2.45) is 5.10 Å². The Labute approximate surface area is 187 Å². The van der Waals surface area contributed by atoms with Gasteiger partial charge in [-0.2, -0.15) is 5.10 Å². The number of amides is 1. The van der Waals surface area contributed by atoms with Crippen molar-refractivity contribution in [1.29, 1.82) is 0 Å². The minimum absolute atomic E-state index is 0.137. The minimum atomic E-state index is -0.653. The minimum Gasteiger partial charge on any atom is -0.490 e. The number of carbonyl (C=O) groups is 2. The van der Waals surface area contributed by atoms with Crippen molar-refractivity contribution < 1.29 is 19.1 Å². The summed E-state index contributed by atoms with van der Waals surface area (Å²) in [6.45, 7) is 2.14. The third-order valence-electron chi connectivity index (χ3n) is 3.80. The first kappa shape index (κ1) is 22.2. The van der Waals surface area contributed by atoms with Gasteiger partial charge in [-0.05, 0) is 48.9 Å². The molecule has 3 aromatic rings. The number of aromatic nitrogens is 2. The molecule has 0 unspecified atom stereocenters. The first-order valence-corrected chi connectivity index (χ1v) is 9.77. The molecule has 1 N–H and O–H groups in total. The first-order valence-electron chi connectivity index (χ1n) is 9.01. The molecule has 1 amide bonds. The zero-order chi connectivity index (χ0) is 22.2. The van der Waals surface area contributed by atoms with Gasteiger partial charge in [-0.25, -0.2) is 15.2 Å². The molecule has 0 bridgehead atoms. The summed E-state index contributed by atoms with van der Waals surface area (Å²) in [5.74, 6) is -0.621. The molecule has 0 aliphatic rings. The van der Waals surface area contributed by atoms with Crippen LogP contribution in [0.3, 0.4) is 0 Å². The summed E-state index contributed by atoms with van der Waals surface area (Å²) >= 11 is 11.9. The normalized spacial score (nSPS) is 10.7. The quantitative estimate of drug-likeness (QED) is 0.246. The van der Waals surface area contributed by atoms with Crippen LogP contribution in [0.1, 0.15) is 33.3 Å². The number of carbonyl (C=O) groups excluding carboxylic acids is 2. The van der Waals surface area contributed by atoms with Gasteiger partial charge in [0.05, 0.1) is 29.6 Å². The van der Waals surface area contributed by atoms with Crippen LogP contribution in [0.15, 0.2) is 60.1 Å². The highest BCUT2D eigenvalue weighted by Gasteiger charge is 2.16. The van der Waals surface area contributed by atoms with E-state index in [1.807, 2.05) is 0 Å². The number of hydrogen-bond donors (Lipinski definition) is 1. The molecule has 0 atom stereocenters. The maximum absolute atomic E-state index is 12.5. The van der Waals surface area contributed by atoms with Crippen LogP contribution < -0.4 is 14.9 Å². The Morgan fingerprint density at radius 3 is 2.68 bits per heavy atom. The summed E-state index contributed by atoms with van der Waals surface area (Å²) in [6.07, 6.45) is 5.61. The first-order chi connectivity index (χ1) is 15.0. The van der Waals surface area contributed by atoms with Crippen LogP contribution in [-0.4, -0.2) is 34.7 Å². The molecule has 1 aromatic heterocycles. The largest absolute Gasteiger partial charge is 0.490 e. The fourth-order valence-corrected chi connectivity index (χ4v) is 2.89. The van der Waals surface area contributed by atoms with Crippen molar-refractivity contribution in [2.75, 3.05) is 6.61 Å². The third kappa shape index (κ3) is 6.00. The van der Waals surface area contributed by atoms with Gasteiger partial charge >= 0.3 is 5.97 Å². The smallest absolute Gasteiger partial charge is 0.345 e. The van der Waals surface area contributed by atoms with Crippen LogP contribution in [0.25, 0.3) is 0 Å². The molecule has 158 valence electrons. The van der Waals surface area contributed by atoms with Crippen LogP contribution in [0.5, 0.6) is 11.5 Å². The van der Waals surface area contributed by atoms with Crippen molar-refractivity contribution in [3.05, 3.63) is 81.9 Å². The average molecular weight is 459 g/mol. The number of hydrogen-bond acceptors (Lipinski definition) is 7. The van der Waals surface area contributed by atoms with Gasteiger partial charge in [-0.3, -0.25) is 9.78 Å². The molecule has 0 fully saturated rings. The van der Waals surface area contributed by atoms with Gasteiger partial charge in [0.15, 0.2) is 11.5 Å². The molecule has 1 heterocycles. The summed E-state index contributed by atoms with van der Waals surface area (Å²) in [5.41, 5.74) is 3.27. The zero-order valence-corrected chi connectivity index (χ0v) is 17.7. The molecular weight excluding hydrogens is 443 g/mol. The molecule has 0 aliphatic carbocycles. The predicted octanol–water partition coefficient (Wildman–Crippen LogP) is 4.17. The molecule has 31 heavy (non-hydrogen) atoms. The van der Waals surface area contributed by atoms with Gasteiger partial charge in [-0.1, -0.05) is 23.2 Å². The number of halogens is 2. The van der Waals surface area contributed by atoms with Gasteiger partial charge in [0.25, 0.3) is 5.91 Å². The number of benzene rings is 2. The van der Waals surface area contributed by atoms with Gasteiger partial charge in [0, 0.05) is 17.4 Å². The fraction of sp³-hybridized carbons (Fsp3) is 0.0952. The zero-order valence-electron chi connectivity index (χ0n) is 16.2. The molecule has 10 heteroatoms. The molecule has 2 aromatic carbocycles. The van der Waals surface area contributed by atoms with Crippen LogP contribution in [0.2, 0.25) is 10.0 Å². The Kier molecular flexibility index (Phi) is 7.53. The predicted molar refractivity (Wildman–Crippen MR) is 116 cm³/mol. The van der Waals surface area contributed by atoms with Crippen LogP contribution in [0, 0.1) is 0 Å². The van der Waals surface area contributed by atoms with E-state index >= 15 is 0 Å². The van der Waals surface area contributed by atoms with Crippen molar-refractivity contribution in [3.8, 4) is 11.5 Å². The maximum Gasteiger partial charge on any atom is 0.345 e. The maximum atomic E-state index is 12.5. The Balaban J connectivity index is 1.73. The standard InChI is InChI=1S/C21H16Cl2N4O4/c1-2-30-19-9-13(11-26-27-20(28)17-12-24-7-8-25-17)3-6-18(19)31-21(29)15-5-4-14(22)10-16(15)23/h3-12H,2H2,1H3,(H,27,28). The topological polar surface area (TPSA) is 103 Å². The molecule has 0 radical (unpaired) electrons. The Hall–Kier alpha value is -3.49. The summed E-state index contributed by atoms with van der Waals surface area (Å²) < 4.78 is 11.0. The van der Waals surface area contributed by atoms with E-state index in [4.69, 9.17) is 32.7 Å². The van der Waals surface area contributed by atoms with Crippen LogP contribution in [0.4, 0.5) is 0 Å². The number of nitrogens with one attached hydrogen (secondary N) is 1. The highest BCUT2D eigenvalue weighted by molar-refractivity contribution is 6.36. The van der Waals surface area contributed by atoms with Crippen molar-refractivity contribution in [1.82, 2.24) is 15.4 Å². The van der Waals surface area contributed by atoms with E-state index in [1.165, 1.54) is 36.9 Å². The highest BCUT2D eigenvalue weighted by Crippen LogP contribution is 2.30. The molecule has 3 rings (SSSR count). The van der Waals surface area contributed by atoms with Crippen molar-refractivity contribution >= 4 is 41.3 Å². The molecular formula is C21H16Cl2N4O4. The second-order valence-corrected chi connectivity index (χ2v) is 6.79. The molecule has 0 aliphatic heterocycles. The number of hydrazone groups is 1. The van der Waals surface area contributed by atoms with E-state index in [1.54, 1.807) is 31.2 Å². The van der Waals surface area contributed by atoms with Gasteiger partial charge in [0.2, 0.25) is 0 Å². The van der Waals surface area contributed by atoms with Crippen molar-refractivity contribution in [2.45, 2.75) is 6.92 Å².